The second kappa shape index (κ2) is 5.91. The summed E-state index contributed by atoms with van der Waals surface area (Å²) in [5, 5.41) is 16.4. The molecule has 0 amide bonds. The molecule has 0 atom stereocenters. The Hall–Kier alpha value is -2.97. The smallest absolute Gasteiger partial charge is 0.302 e. The molecule has 0 fully saturated rings. The van der Waals surface area contributed by atoms with Crippen molar-refractivity contribution < 1.29 is 18.3 Å². The summed E-state index contributed by atoms with van der Waals surface area (Å²) >= 11 is 0. The number of aromatic carboxylic acids is 1. The van der Waals surface area contributed by atoms with E-state index < -0.39 is 21.9 Å². The van der Waals surface area contributed by atoms with Crippen LogP contribution >= 0.6 is 0 Å². The Balaban J connectivity index is 2.07. The number of carboxylic acid groups (broad SMARTS) is 1. The largest absolute Gasteiger partial charge is 0.543 e. The van der Waals surface area contributed by atoms with Crippen molar-refractivity contribution in [3.05, 3.63) is 66.7 Å². The van der Waals surface area contributed by atoms with Gasteiger partial charge in [0.15, 0.2) is 0 Å². The Labute approximate surface area is 138 Å². The number of hydrogen-bond acceptors (Lipinski definition) is 5. The van der Waals surface area contributed by atoms with Crippen molar-refractivity contribution >= 4 is 16.2 Å². The number of hydrogen-bond donors (Lipinski definition) is 1. The molecule has 0 radical (unpaired) electrons. The highest BCUT2D eigenvalue weighted by atomic mass is 32.2. The Bertz CT molecular complexity index is 994. The van der Waals surface area contributed by atoms with Gasteiger partial charge in [-0.15, -0.1) is 0 Å². The molecule has 2 heterocycles. The molecule has 0 unspecified atom stereocenters. The maximum absolute atomic E-state index is 11.5. The second-order valence-electron chi connectivity index (χ2n) is 5.02. The van der Waals surface area contributed by atoms with E-state index in [0.717, 1.165) is 17.3 Å². The number of benzene rings is 1. The zero-order valence-corrected chi connectivity index (χ0v) is 13.1. The zero-order valence-electron chi connectivity index (χ0n) is 12.3. The van der Waals surface area contributed by atoms with Gasteiger partial charge in [-0.3, -0.25) is 4.98 Å². The highest BCUT2D eigenvalue weighted by molar-refractivity contribution is 7.87. The maximum Gasteiger partial charge on any atom is 0.302 e. The van der Waals surface area contributed by atoms with E-state index in [4.69, 9.17) is 5.14 Å². The summed E-state index contributed by atoms with van der Waals surface area (Å²) in [5.41, 5.74) is 2.12. The number of carbonyl (C=O) groups excluding carboxylic acids is 1. The van der Waals surface area contributed by atoms with Crippen LogP contribution in [-0.2, 0) is 10.2 Å². The van der Waals surface area contributed by atoms with Crippen molar-refractivity contribution in [3.63, 3.8) is 0 Å². The van der Waals surface area contributed by atoms with Gasteiger partial charge in [0.25, 0.3) is 0 Å². The van der Waals surface area contributed by atoms with Crippen molar-refractivity contribution in [1.82, 2.24) is 8.96 Å². The lowest BCUT2D eigenvalue weighted by Crippen LogP contribution is -2.31. The molecule has 7 nitrogen and oxygen atoms in total. The van der Waals surface area contributed by atoms with E-state index in [1.54, 1.807) is 36.7 Å². The average Bonchev–Trinajstić information content (AvgIpc) is 3.01. The molecule has 0 spiro atoms. The number of aromatic nitrogens is 2. The Morgan fingerprint density at radius 1 is 0.958 bits per heavy atom. The summed E-state index contributed by atoms with van der Waals surface area (Å²) in [6.07, 6.45) is 4.43. The van der Waals surface area contributed by atoms with Crippen molar-refractivity contribution in [3.8, 4) is 22.3 Å². The molecule has 2 N–H and O–H groups in total. The summed E-state index contributed by atoms with van der Waals surface area (Å²) < 4.78 is 23.5. The molecule has 1 aromatic carbocycles. The van der Waals surface area contributed by atoms with Gasteiger partial charge in [0, 0.05) is 24.2 Å². The van der Waals surface area contributed by atoms with Crippen LogP contribution in [0.1, 0.15) is 10.5 Å². The van der Waals surface area contributed by atoms with Crippen molar-refractivity contribution in [2.45, 2.75) is 0 Å². The molecule has 0 aliphatic rings. The minimum Gasteiger partial charge on any atom is -0.543 e. The van der Waals surface area contributed by atoms with Crippen LogP contribution in [0.15, 0.2) is 61.1 Å². The predicted molar refractivity (Wildman–Crippen MR) is 85.9 cm³/mol. The van der Waals surface area contributed by atoms with Crippen LogP contribution in [0.25, 0.3) is 22.3 Å². The number of rotatable bonds is 4. The number of carbonyl (C=O) groups is 1. The Kier molecular flexibility index (Phi) is 3.92. The molecule has 2 aromatic heterocycles. The van der Waals surface area contributed by atoms with E-state index in [1.165, 1.54) is 6.07 Å². The van der Waals surface area contributed by atoms with Crippen molar-refractivity contribution in [2.24, 2.45) is 5.14 Å². The third-order valence-corrected chi connectivity index (χ3v) is 4.38. The number of nitrogens with two attached hydrogens (primary N) is 1. The lowest BCUT2D eigenvalue weighted by atomic mass is 10.0. The quantitative estimate of drug-likeness (QED) is 0.746. The normalized spacial score (nSPS) is 11.4. The summed E-state index contributed by atoms with van der Waals surface area (Å²) in [7, 11) is -4.23. The van der Waals surface area contributed by atoms with Crippen LogP contribution in [0.4, 0.5) is 0 Å². The van der Waals surface area contributed by atoms with E-state index in [-0.39, 0.29) is 5.56 Å². The SMILES string of the molecule is NS(=O)(=O)n1ccc(-c2ccc(-c3ccncc3)cc2)c1C(=O)[O-]. The molecular weight excluding hydrogens is 330 g/mol. The fraction of sp³-hybridized carbons (Fsp3) is 0. The Morgan fingerprint density at radius 2 is 1.50 bits per heavy atom. The average molecular weight is 342 g/mol. The van der Waals surface area contributed by atoms with Gasteiger partial charge in [0.2, 0.25) is 0 Å². The van der Waals surface area contributed by atoms with Gasteiger partial charge in [-0.25, -0.2) is 9.11 Å². The number of nitrogens with zero attached hydrogens (tertiary/aromatic N) is 2. The minimum absolute atomic E-state index is 0.213. The number of carboxylic acids is 1. The minimum atomic E-state index is -4.23. The summed E-state index contributed by atoms with van der Waals surface area (Å²) in [4.78, 5) is 15.3. The number of pyridine rings is 1. The van der Waals surface area contributed by atoms with Crippen molar-refractivity contribution in [1.29, 1.82) is 0 Å². The monoisotopic (exact) mass is 342 g/mol. The molecule has 0 aliphatic heterocycles. The fourth-order valence-electron chi connectivity index (χ4n) is 2.45. The van der Waals surface area contributed by atoms with Gasteiger partial charge in [0.1, 0.15) is 0 Å². The van der Waals surface area contributed by atoms with Crippen LogP contribution < -0.4 is 10.2 Å². The van der Waals surface area contributed by atoms with Crippen LogP contribution in [0, 0.1) is 0 Å². The second-order valence-corrected chi connectivity index (χ2v) is 6.44. The van der Waals surface area contributed by atoms with Crippen LogP contribution in [-0.4, -0.2) is 23.3 Å². The van der Waals surface area contributed by atoms with Gasteiger partial charge >= 0.3 is 10.2 Å². The molecule has 122 valence electrons. The third kappa shape index (κ3) is 2.92. The molecule has 0 aliphatic carbocycles. The van der Waals surface area contributed by atoms with Gasteiger partial charge < -0.3 is 9.90 Å². The topological polar surface area (TPSA) is 118 Å². The van der Waals surface area contributed by atoms with Gasteiger partial charge in [-0.05, 0) is 34.9 Å². The molecule has 0 saturated carbocycles. The third-order valence-electron chi connectivity index (χ3n) is 3.53. The summed E-state index contributed by atoms with van der Waals surface area (Å²) in [6, 6.07) is 12.1. The molecule has 24 heavy (non-hydrogen) atoms. The highest BCUT2D eigenvalue weighted by Crippen LogP contribution is 2.28. The lowest BCUT2D eigenvalue weighted by molar-refractivity contribution is -0.255. The van der Waals surface area contributed by atoms with E-state index in [9.17, 15) is 18.3 Å². The molecule has 3 aromatic rings. The van der Waals surface area contributed by atoms with Crippen molar-refractivity contribution in [2.75, 3.05) is 0 Å². The zero-order chi connectivity index (χ0) is 17.3. The fourth-order valence-corrected chi connectivity index (χ4v) is 3.10. The lowest BCUT2D eigenvalue weighted by Gasteiger charge is -2.11. The van der Waals surface area contributed by atoms with E-state index in [2.05, 4.69) is 4.98 Å². The Morgan fingerprint density at radius 3 is 2.04 bits per heavy atom. The van der Waals surface area contributed by atoms with Gasteiger partial charge in [0.05, 0.1) is 11.7 Å². The first kappa shape index (κ1) is 15.9. The molecular formula is C16H12N3O4S-. The molecule has 0 saturated heterocycles. The first-order chi connectivity index (χ1) is 11.4. The highest BCUT2D eigenvalue weighted by Gasteiger charge is 2.18. The van der Waals surface area contributed by atoms with Gasteiger partial charge in [-0.1, -0.05) is 24.3 Å². The summed E-state index contributed by atoms with van der Waals surface area (Å²) in [6.45, 7) is 0. The van der Waals surface area contributed by atoms with Crippen LogP contribution in [0.3, 0.4) is 0 Å². The maximum atomic E-state index is 11.5. The van der Waals surface area contributed by atoms with E-state index >= 15 is 0 Å². The molecule has 8 heteroatoms. The first-order valence-electron chi connectivity index (χ1n) is 6.85. The molecule has 3 rings (SSSR count). The standard InChI is InChI=1S/C16H13N3O4S/c17-24(22,23)19-10-7-14(15(19)16(20)21)13-3-1-11(2-4-13)12-5-8-18-9-6-12/h1-10H,(H,20,21)(H2,17,22,23)/p-1. The first-order valence-corrected chi connectivity index (χ1v) is 8.35. The molecule has 0 bridgehead atoms. The van der Waals surface area contributed by atoms with E-state index in [0.29, 0.717) is 9.54 Å². The van der Waals surface area contributed by atoms with Crippen LogP contribution in [0.5, 0.6) is 0 Å². The van der Waals surface area contributed by atoms with Gasteiger partial charge in [-0.2, -0.15) is 8.42 Å². The van der Waals surface area contributed by atoms with E-state index in [1.807, 2.05) is 12.1 Å². The predicted octanol–water partition coefficient (Wildman–Crippen LogP) is 0.632. The summed E-state index contributed by atoms with van der Waals surface area (Å²) in [5.74, 6) is -1.62. The van der Waals surface area contributed by atoms with Crippen LogP contribution in [0.2, 0.25) is 0 Å².